The number of esters is 1. The molecular formula is C19H19BrN2O5S. The van der Waals surface area contributed by atoms with Gasteiger partial charge in [-0.15, -0.1) is 0 Å². The van der Waals surface area contributed by atoms with Crippen LogP contribution in [-0.2, 0) is 19.6 Å². The number of nitrogens with one attached hydrogen (secondary N) is 1. The van der Waals surface area contributed by atoms with E-state index in [1.54, 1.807) is 36.4 Å². The van der Waals surface area contributed by atoms with Crippen molar-refractivity contribution in [1.82, 2.24) is 0 Å². The number of hydrogen-bond acceptors (Lipinski definition) is 5. The first-order chi connectivity index (χ1) is 13.3. The third-order valence-electron chi connectivity index (χ3n) is 4.23. The number of ether oxygens (including phenoxy) is 1. The van der Waals surface area contributed by atoms with Crippen LogP contribution >= 0.6 is 15.9 Å². The van der Waals surface area contributed by atoms with Crippen molar-refractivity contribution in [2.75, 3.05) is 21.9 Å². The highest BCUT2D eigenvalue weighted by Gasteiger charge is 2.29. The Balaban J connectivity index is 1.66. The van der Waals surface area contributed by atoms with Crippen LogP contribution in [0.5, 0.6) is 0 Å². The van der Waals surface area contributed by atoms with Crippen LogP contribution in [-0.4, -0.2) is 38.7 Å². The summed E-state index contributed by atoms with van der Waals surface area (Å²) in [5.41, 5.74) is 1.18. The Bertz CT molecular complexity index is 992. The van der Waals surface area contributed by atoms with E-state index in [1.165, 1.54) is 23.4 Å². The van der Waals surface area contributed by atoms with Gasteiger partial charge in [0, 0.05) is 16.7 Å². The molecule has 1 saturated heterocycles. The van der Waals surface area contributed by atoms with Crippen LogP contribution in [0.2, 0.25) is 0 Å². The van der Waals surface area contributed by atoms with Crippen molar-refractivity contribution in [3.8, 4) is 0 Å². The first-order valence-electron chi connectivity index (χ1n) is 8.64. The summed E-state index contributed by atoms with van der Waals surface area (Å²) in [6.45, 7) is 1.85. The van der Waals surface area contributed by atoms with Crippen LogP contribution in [0, 0.1) is 0 Å². The largest absolute Gasteiger partial charge is 0.449 e. The lowest BCUT2D eigenvalue weighted by Gasteiger charge is -2.18. The predicted molar refractivity (Wildman–Crippen MR) is 110 cm³/mol. The predicted octanol–water partition coefficient (Wildman–Crippen LogP) is 3.17. The van der Waals surface area contributed by atoms with Crippen molar-refractivity contribution in [1.29, 1.82) is 0 Å². The molecule has 2 aromatic rings. The van der Waals surface area contributed by atoms with Crippen molar-refractivity contribution in [2.45, 2.75) is 19.4 Å². The number of halogens is 1. The molecule has 1 unspecified atom stereocenters. The average Bonchev–Trinajstić information content (AvgIpc) is 3.02. The fraction of sp³-hybridized carbons (Fsp3) is 0.263. The van der Waals surface area contributed by atoms with Crippen molar-refractivity contribution < 1.29 is 22.7 Å². The molecule has 2 aromatic carbocycles. The number of amides is 1. The number of carbonyl (C=O) groups excluding carboxylic acids is 2. The molecule has 0 aromatic heterocycles. The molecule has 1 fully saturated rings. The van der Waals surface area contributed by atoms with Gasteiger partial charge in [0.2, 0.25) is 10.0 Å². The van der Waals surface area contributed by atoms with Gasteiger partial charge in [-0.2, -0.15) is 0 Å². The van der Waals surface area contributed by atoms with E-state index in [1.807, 2.05) is 0 Å². The maximum Gasteiger partial charge on any atom is 0.338 e. The molecule has 0 bridgehead atoms. The minimum absolute atomic E-state index is 0.0922. The highest BCUT2D eigenvalue weighted by atomic mass is 79.9. The first-order valence-corrected chi connectivity index (χ1v) is 11.0. The Kier molecular flexibility index (Phi) is 6.04. The quantitative estimate of drug-likeness (QED) is 0.682. The highest BCUT2D eigenvalue weighted by Crippen LogP contribution is 2.25. The van der Waals surface area contributed by atoms with E-state index in [-0.39, 0.29) is 11.3 Å². The monoisotopic (exact) mass is 466 g/mol. The van der Waals surface area contributed by atoms with Crippen LogP contribution in [0.25, 0.3) is 0 Å². The average molecular weight is 467 g/mol. The molecule has 9 heteroatoms. The maximum absolute atomic E-state index is 12.4. The smallest absolute Gasteiger partial charge is 0.338 e. The summed E-state index contributed by atoms with van der Waals surface area (Å²) in [7, 11) is -3.34. The molecular weight excluding hydrogens is 448 g/mol. The minimum atomic E-state index is -3.34. The topological polar surface area (TPSA) is 92.8 Å². The molecule has 148 valence electrons. The summed E-state index contributed by atoms with van der Waals surface area (Å²) in [5.74, 6) is -1.07. The molecule has 1 heterocycles. The van der Waals surface area contributed by atoms with Crippen LogP contribution in [0.1, 0.15) is 23.7 Å². The van der Waals surface area contributed by atoms with Gasteiger partial charge in [-0.05, 0) is 55.8 Å². The Morgan fingerprint density at radius 3 is 2.54 bits per heavy atom. The summed E-state index contributed by atoms with van der Waals surface area (Å²) < 4.78 is 31.5. The van der Waals surface area contributed by atoms with E-state index < -0.39 is 28.0 Å². The van der Waals surface area contributed by atoms with E-state index in [0.29, 0.717) is 24.3 Å². The molecule has 0 spiro atoms. The number of benzene rings is 2. The third-order valence-corrected chi connectivity index (χ3v) is 6.63. The van der Waals surface area contributed by atoms with Crippen molar-refractivity contribution in [3.05, 3.63) is 58.6 Å². The van der Waals surface area contributed by atoms with Gasteiger partial charge in [0.1, 0.15) is 0 Å². The van der Waals surface area contributed by atoms with Crippen molar-refractivity contribution >= 4 is 49.2 Å². The number of anilines is 2. The lowest BCUT2D eigenvalue weighted by molar-refractivity contribution is -0.123. The third kappa shape index (κ3) is 4.71. The lowest BCUT2D eigenvalue weighted by Crippen LogP contribution is -2.30. The molecule has 1 amide bonds. The molecule has 1 atom stereocenters. The lowest BCUT2D eigenvalue weighted by atomic mass is 10.2. The van der Waals surface area contributed by atoms with Gasteiger partial charge in [0.15, 0.2) is 6.10 Å². The maximum atomic E-state index is 12.4. The molecule has 1 aliphatic rings. The molecule has 7 nitrogen and oxygen atoms in total. The summed E-state index contributed by atoms with van der Waals surface area (Å²) in [5, 5.41) is 2.67. The molecule has 28 heavy (non-hydrogen) atoms. The van der Waals surface area contributed by atoms with Gasteiger partial charge in [-0.1, -0.05) is 22.0 Å². The number of nitrogens with zero attached hydrogens (tertiary/aromatic N) is 1. The zero-order chi connectivity index (χ0) is 20.3. The van der Waals surface area contributed by atoms with Gasteiger partial charge in [0.25, 0.3) is 5.91 Å². The van der Waals surface area contributed by atoms with E-state index in [9.17, 15) is 18.0 Å². The second-order valence-electron chi connectivity index (χ2n) is 6.34. The zero-order valence-electron chi connectivity index (χ0n) is 15.1. The Morgan fingerprint density at radius 1 is 1.18 bits per heavy atom. The molecule has 0 saturated carbocycles. The molecule has 0 aliphatic carbocycles. The number of hydrogen-bond donors (Lipinski definition) is 1. The van der Waals surface area contributed by atoms with E-state index in [2.05, 4.69) is 21.2 Å². The summed E-state index contributed by atoms with van der Waals surface area (Å²) in [6.07, 6.45) is -0.472. The van der Waals surface area contributed by atoms with Crippen LogP contribution in [0.4, 0.5) is 11.4 Å². The Morgan fingerprint density at radius 2 is 1.89 bits per heavy atom. The van der Waals surface area contributed by atoms with Gasteiger partial charge < -0.3 is 10.1 Å². The van der Waals surface area contributed by atoms with E-state index >= 15 is 0 Å². The SMILES string of the molecule is CC(OC(=O)c1cccc(N2CCCS2(=O)=O)c1)C(=O)Nc1ccc(Br)cc1. The summed E-state index contributed by atoms with van der Waals surface area (Å²) in [4.78, 5) is 24.6. The van der Waals surface area contributed by atoms with Gasteiger partial charge in [-0.25, -0.2) is 13.2 Å². The van der Waals surface area contributed by atoms with Crippen molar-refractivity contribution in [2.24, 2.45) is 0 Å². The highest BCUT2D eigenvalue weighted by molar-refractivity contribution is 9.10. The van der Waals surface area contributed by atoms with Crippen LogP contribution in [0.3, 0.4) is 0 Å². The fourth-order valence-electron chi connectivity index (χ4n) is 2.78. The second kappa shape index (κ2) is 8.32. The Labute approximate surface area is 171 Å². The number of carbonyl (C=O) groups is 2. The standard InChI is InChI=1S/C19H19BrN2O5S/c1-13(18(23)21-16-8-6-15(20)7-9-16)27-19(24)14-4-2-5-17(12-14)22-10-3-11-28(22,25)26/h2,4-9,12-13H,3,10-11H2,1H3,(H,21,23). The molecule has 1 N–H and O–H groups in total. The number of rotatable bonds is 5. The van der Waals surface area contributed by atoms with Crippen LogP contribution in [0.15, 0.2) is 53.0 Å². The molecule has 1 aliphatic heterocycles. The number of sulfonamides is 1. The van der Waals surface area contributed by atoms with E-state index in [0.717, 1.165) is 4.47 Å². The van der Waals surface area contributed by atoms with Crippen molar-refractivity contribution in [3.63, 3.8) is 0 Å². The minimum Gasteiger partial charge on any atom is -0.449 e. The summed E-state index contributed by atoms with van der Waals surface area (Å²) >= 11 is 3.31. The Hall–Kier alpha value is -2.39. The van der Waals surface area contributed by atoms with Crippen LogP contribution < -0.4 is 9.62 Å². The van der Waals surface area contributed by atoms with E-state index in [4.69, 9.17) is 4.74 Å². The van der Waals surface area contributed by atoms with Gasteiger partial charge in [-0.3, -0.25) is 9.10 Å². The van der Waals surface area contributed by atoms with Gasteiger partial charge in [0.05, 0.1) is 17.0 Å². The second-order valence-corrected chi connectivity index (χ2v) is 9.26. The zero-order valence-corrected chi connectivity index (χ0v) is 17.5. The fourth-order valence-corrected chi connectivity index (χ4v) is 4.60. The molecule has 0 radical (unpaired) electrons. The molecule has 3 rings (SSSR count). The van der Waals surface area contributed by atoms with Gasteiger partial charge >= 0.3 is 5.97 Å². The first kappa shape index (κ1) is 20.3. The normalized spacial score (nSPS) is 16.4. The summed E-state index contributed by atoms with van der Waals surface area (Å²) in [6, 6.07) is 13.2.